The Kier molecular flexibility index (Phi) is 3.86. The highest BCUT2D eigenvalue weighted by Gasteiger charge is 2.29. The van der Waals surface area contributed by atoms with E-state index in [1.165, 1.54) is 6.33 Å². The molecule has 1 N–H and O–H groups in total. The molecule has 0 bridgehead atoms. The van der Waals surface area contributed by atoms with Gasteiger partial charge in [-0.2, -0.15) is 10.2 Å². The predicted octanol–water partition coefficient (Wildman–Crippen LogP) is 2.11. The summed E-state index contributed by atoms with van der Waals surface area (Å²) >= 11 is 0. The third kappa shape index (κ3) is 2.73. The molecule has 1 unspecified atom stereocenters. The minimum absolute atomic E-state index is 0.0547. The van der Waals surface area contributed by atoms with Crippen LogP contribution in [0.25, 0.3) is 5.65 Å². The highest BCUT2D eigenvalue weighted by Crippen LogP contribution is 2.36. The van der Waals surface area contributed by atoms with Gasteiger partial charge in [-0.3, -0.25) is 9.48 Å². The molecule has 1 amide bonds. The fraction of sp³-hybridized carbons (Fsp3) is 0.389. The first-order chi connectivity index (χ1) is 13.6. The summed E-state index contributed by atoms with van der Waals surface area (Å²) in [7, 11) is 0. The van der Waals surface area contributed by atoms with Crippen LogP contribution in [0.3, 0.4) is 0 Å². The molecule has 1 fully saturated rings. The number of fused-ring (bicyclic) bond motifs is 2. The van der Waals surface area contributed by atoms with Crippen LogP contribution in [0.5, 0.6) is 0 Å². The monoisotopic (exact) mass is 382 g/mol. The number of hydrogen-bond acceptors (Lipinski definition) is 6. The van der Waals surface area contributed by atoms with Gasteiger partial charge in [-0.05, 0) is 24.0 Å². The third-order valence-corrected chi connectivity index (χ3v) is 5.30. The first kappa shape index (κ1) is 16.9. The summed E-state index contributed by atoms with van der Waals surface area (Å²) in [4.78, 5) is 29.3. The molecule has 2 aliphatic rings. The lowest BCUT2D eigenvalue weighted by molar-refractivity contribution is -0.117. The molecule has 1 atom stereocenters. The smallest absolute Gasteiger partial charge is 0.417 e. The van der Waals surface area contributed by atoms with Crippen LogP contribution >= 0.6 is 0 Å². The third-order valence-electron chi connectivity index (χ3n) is 5.30. The first-order valence-corrected chi connectivity index (χ1v) is 9.12. The van der Waals surface area contributed by atoms with E-state index >= 15 is 0 Å². The molecule has 1 aliphatic carbocycles. The molecule has 28 heavy (non-hydrogen) atoms. The first-order valence-electron chi connectivity index (χ1n) is 9.12. The van der Waals surface area contributed by atoms with Crippen LogP contribution in [0.15, 0.2) is 24.7 Å². The summed E-state index contributed by atoms with van der Waals surface area (Å²) in [6.07, 6.45) is 3.80. The summed E-state index contributed by atoms with van der Waals surface area (Å²) < 4.78 is 8.74. The van der Waals surface area contributed by atoms with Gasteiger partial charge in [0.1, 0.15) is 12.1 Å². The fourth-order valence-corrected chi connectivity index (χ4v) is 3.93. The fourth-order valence-electron chi connectivity index (χ4n) is 3.93. The molecule has 3 aromatic heterocycles. The van der Waals surface area contributed by atoms with Crippen LogP contribution in [0, 0.1) is 0 Å². The van der Waals surface area contributed by atoms with Gasteiger partial charge in [-0.25, -0.2) is 19.2 Å². The number of ketones is 1. The van der Waals surface area contributed by atoms with Crippen molar-refractivity contribution in [3.8, 4) is 0 Å². The summed E-state index contributed by atoms with van der Waals surface area (Å²) in [5.41, 5.74) is 2.48. The Labute approximate surface area is 159 Å². The van der Waals surface area contributed by atoms with Gasteiger partial charge >= 0.3 is 6.09 Å². The number of carboxylic acid groups (broad SMARTS) is 1. The van der Waals surface area contributed by atoms with Crippen molar-refractivity contribution in [1.82, 2.24) is 24.4 Å². The number of pyridine rings is 1. The van der Waals surface area contributed by atoms with Gasteiger partial charge in [-0.1, -0.05) is 0 Å². The number of ether oxygens (including phenoxy) is 1. The van der Waals surface area contributed by atoms with Gasteiger partial charge in [0, 0.05) is 25.1 Å². The average molecular weight is 382 g/mol. The van der Waals surface area contributed by atoms with Crippen LogP contribution in [-0.2, 0) is 22.7 Å². The molecule has 144 valence electrons. The van der Waals surface area contributed by atoms with Crippen LogP contribution in [0.1, 0.15) is 36.4 Å². The lowest BCUT2D eigenvalue weighted by Gasteiger charge is -2.19. The number of amides is 1. The standard InChI is InChI=1S/C18H18N6O4/c25-14-2-1-11(5-14)12-6-15(17-19-10-20-23(17)8-12)24(18(26)27)16-7-13-9-28-4-3-22(13)21-16/h6-8,10-11H,1-5,9H2,(H,26,27). The van der Waals surface area contributed by atoms with Gasteiger partial charge in [-0.15, -0.1) is 0 Å². The highest BCUT2D eigenvalue weighted by atomic mass is 16.5. The zero-order valence-corrected chi connectivity index (χ0v) is 15.0. The van der Waals surface area contributed by atoms with Gasteiger partial charge in [0.15, 0.2) is 11.5 Å². The number of nitrogens with zero attached hydrogens (tertiary/aromatic N) is 6. The molecule has 0 aromatic carbocycles. The Balaban J connectivity index is 1.64. The maximum absolute atomic E-state index is 12.2. The van der Waals surface area contributed by atoms with E-state index in [0.29, 0.717) is 43.9 Å². The second-order valence-corrected chi connectivity index (χ2v) is 7.05. The molecule has 0 saturated heterocycles. The van der Waals surface area contributed by atoms with Gasteiger partial charge in [0.2, 0.25) is 0 Å². The summed E-state index contributed by atoms with van der Waals surface area (Å²) in [5.74, 6) is 0.568. The van der Waals surface area contributed by atoms with Crippen LogP contribution in [0.4, 0.5) is 16.3 Å². The summed E-state index contributed by atoms with van der Waals surface area (Å²) in [6, 6.07) is 3.50. The number of rotatable bonds is 3. The van der Waals surface area contributed by atoms with E-state index in [4.69, 9.17) is 4.74 Å². The lowest BCUT2D eigenvalue weighted by atomic mass is 9.99. The van der Waals surface area contributed by atoms with Crippen molar-refractivity contribution in [1.29, 1.82) is 0 Å². The largest absolute Gasteiger partial charge is 0.464 e. The minimum Gasteiger partial charge on any atom is -0.464 e. The van der Waals surface area contributed by atoms with Crippen LogP contribution in [-0.4, -0.2) is 48.0 Å². The number of carbonyl (C=O) groups is 2. The summed E-state index contributed by atoms with van der Waals surface area (Å²) in [6.45, 7) is 1.51. The van der Waals surface area contributed by atoms with E-state index in [1.807, 2.05) is 6.20 Å². The Morgan fingerprint density at radius 3 is 3.00 bits per heavy atom. The highest BCUT2D eigenvalue weighted by molar-refractivity contribution is 5.98. The van der Waals surface area contributed by atoms with E-state index in [1.54, 1.807) is 21.3 Å². The van der Waals surface area contributed by atoms with Crippen molar-refractivity contribution < 1.29 is 19.4 Å². The quantitative estimate of drug-likeness (QED) is 0.738. The van der Waals surface area contributed by atoms with E-state index in [9.17, 15) is 14.7 Å². The van der Waals surface area contributed by atoms with Crippen molar-refractivity contribution in [3.05, 3.63) is 35.9 Å². The van der Waals surface area contributed by atoms with Crippen molar-refractivity contribution in [2.45, 2.75) is 38.3 Å². The zero-order chi connectivity index (χ0) is 19.3. The number of aromatic nitrogens is 5. The Bertz CT molecular complexity index is 1060. The number of anilines is 2. The molecule has 1 saturated carbocycles. The number of carbonyl (C=O) groups excluding carboxylic acids is 1. The average Bonchev–Trinajstić information content (AvgIpc) is 3.39. The SMILES string of the molecule is O=C1CCC(c2cc(N(C(=O)O)c3cc4n(n3)CCOC4)c3ncnn3c2)C1. The maximum atomic E-state index is 12.2. The molecule has 4 heterocycles. The number of Topliss-reactive ketones (excluding diaryl/α,β-unsaturated/α-hetero) is 1. The van der Waals surface area contributed by atoms with E-state index in [0.717, 1.165) is 22.6 Å². The molecular weight excluding hydrogens is 364 g/mol. The Hall–Kier alpha value is -3.27. The van der Waals surface area contributed by atoms with Gasteiger partial charge < -0.3 is 9.84 Å². The lowest BCUT2D eigenvalue weighted by Crippen LogP contribution is -2.25. The molecule has 10 nitrogen and oxygen atoms in total. The molecular formula is C18H18N6O4. The molecule has 1 aliphatic heterocycles. The molecule has 0 spiro atoms. The molecule has 0 radical (unpaired) electrons. The zero-order valence-electron chi connectivity index (χ0n) is 15.0. The Morgan fingerprint density at radius 2 is 2.25 bits per heavy atom. The second kappa shape index (κ2) is 6.41. The van der Waals surface area contributed by atoms with E-state index in [-0.39, 0.29) is 17.5 Å². The minimum atomic E-state index is -1.17. The topological polar surface area (TPSA) is 115 Å². The van der Waals surface area contributed by atoms with Crippen molar-refractivity contribution >= 4 is 29.0 Å². The second-order valence-electron chi connectivity index (χ2n) is 7.05. The Morgan fingerprint density at radius 1 is 1.36 bits per heavy atom. The van der Waals surface area contributed by atoms with E-state index < -0.39 is 6.09 Å². The van der Waals surface area contributed by atoms with Crippen molar-refractivity contribution in [2.75, 3.05) is 11.5 Å². The summed E-state index contributed by atoms with van der Waals surface area (Å²) in [5, 5.41) is 18.6. The van der Waals surface area contributed by atoms with Gasteiger partial charge in [0.05, 0.1) is 31.1 Å². The molecule has 3 aromatic rings. The van der Waals surface area contributed by atoms with Crippen molar-refractivity contribution in [2.24, 2.45) is 0 Å². The maximum Gasteiger partial charge on any atom is 0.417 e. The predicted molar refractivity (Wildman–Crippen MR) is 96.6 cm³/mol. The molecule has 10 heteroatoms. The van der Waals surface area contributed by atoms with Crippen molar-refractivity contribution in [3.63, 3.8) is 0 Å². The van der Waals surface area contributed by atoms with Gasteiger partial charge in [0.25, 0.3) is 0 Å². The number of hydrogen-bond donors (Lipinski definition) is 1. The van der Waals surface area contributed by atoms with Crippen LogP contribution in [0.2, 0.25) is 0 Å². The molecule has 5 rings (SSSR count). The normalized spacial score (nSPS) is 19.1. The van der Waals surface area contributed by atoms with Crippen LogP contribution < -0.4 is 4.90 Å². The van der Waals surface area contributed by atoms with E-state index in [2.05, 4.69) is 15.2 Å².